The Morgan fingerprint density at radius 2 is 1.78 bits per heavy atom. The van der Waals surface area contributed by atoms with Gasteiger partial charge in [-0.15, -0.1) is 0 Å². The van der Waals surface area contributed by atoms with Crippen LogP contribution in [-0.4, -0.2) is 46.0 Å². The van der Waals surface area contributed by atoms with Crippen LogP contribution < -0.4 is 10.0 Å². The summed E-state index contributed by atoms with van der Waals surface area (Å²) in [5.74, 6) is 0.160. The summed E-state index contributed by atoms with van der Waals surface area (Å²) in [7, 11) is -3.14. The molecular formula is C12H24N2O3S. The second-order valence-electron chi connectivity index (χ2n) is 5.22. The maximum atomic E-state index is 11.6. The number of rotatable bonds is 9. The molecule has 106 valence electrons. The van der Waals surface area contributed by atoms with Gasteiger partial charge in [0, 0.05) is 19.1 Å². The summed E-state index contributed by atoms with van der Waals surface area (Å²) in [6.07, 6.45) is 7.44. The first-order valence-corrected chi connectivity index (χ1v) is 8.63. The van der Waals surface area contributed by atoms with Crippen LogP contribution in [0.25, 0.3) is 0 Å². The van der Waals surface area contributed by atoms with Crippen LogP contribution in [0.3, 0.4) is 0 Å². The molecule has 0 spiro atoms. The molecule has 0 bridgehead atoms. The van der Waals surface area contributed by atoms with Crippen LogP contribution in [0.5, 0.6) is 0 Å². The van der Waals surface area contributed by atoms with Crippen molar-refractivity contribution >= 4 is 10.0 Å². The summed E-state index contributed by atoms with van der Waals surface area (Å²) in [6.45, 7) is 1.42. The molecule has 0 atom stereocenters. The molecule has 2 N–H and O–H groups in total. The lowest BCUT2D eigenvalue weighted by Crippen LogP contribution is -2.34. The zero-order chi connectivity index (χ0) is 12.8. The Bertz CT molecular complexity index is 335. The first-order valence-electron chi connectivity index (χ1n) is 6.98. The van der Waals surface area contributed by atoms with Gasteiger partial charge in [-0.3, -0.25) is 0 Å². The molecule has 0 aromatic rings. The molecule has 0 unspecified atom stereocenters. The monoisotopic (exact) mass is 276 g/mol. The van der Waals surface area contributed by atoms with Crippen molar-refractivity contribution in [3.05, 3.63) is 0 Å². The Hall–Kier alpha value is -0.170. The fourth-order valence-electron chi connectivity index (χ4n) is 2.23. The van der Waals surface area contributed by atoms with E-state index in [9.17, 15) is 8.42 Å². The van der Waals surface area contributed by atoms with Crippen molar-refractivity contribution in [2.24, 2.45) is 0 Å². The normalized spacial score (nSPS) is 21.6. The Morgan fingerprint density at radius 1 is 1.06 bits per heavy atom. The molecule has 0 aromatic heterocycles. The summed E-state index contributed by atoms with van der Waals surface area (Å²) < 4.78 is 31.4. The van der Waals surface area contributed by atoms with Crippen molar-refractivity contribution < 1.29 is 13.2 Å². The largest absolute Gasteiger partial charge is 0.377 e. The van der Waals surface area contributed by atoms with Gasteiger partial charge < -0.3 is 10.1 Å². The van der Waals surface area contributed by atoms with Gasteiger partial charge in [0.25, 0.3) is 0 Å². The van der Waals surface area contributed by atoms with E-state index in [1.54, 1.807) is 0 Å². The van der Waals surface area contributed by atoms with E-state index in [4.69, 9.17) is 4.74 Å². The molecule has 0 heterocycles. The molecule has 2 aliphatic rings. The highest BCUT2D eigenvalue weighted by molar-refractivity contribution is 7.89. The van der Waals surface area contributed by atoms with Crippen LogP contribution in [-0.2, 0) is 14.8 Å². The van der Waals surface area contributed by atoms with Crippen LogP contribution in [0.2, 0.25) is 0 Å². The van der Waals surface area contributed by atoms with Crippen LogP contribution in [0, 0.1) is 0 Å². The van der Waals surface area contributed by atoms with E-state index < -0.39 is 10.0 Å². The average molecular weight is 276 g/mol. The zero-order valence-electron chi connectivity index (χ0n) is 10.9. The number of nitrogens with one attached hydrogen (secondary N) is 2. The lowest BCUT2D eigenvalue weighted by molar-refractivity contribution is 0.0626. The zero-order valence-corrected chi connectivity index (χ0v) is 11.7. The second-order valence-corrected chi connectivity index (χ2v) is 7.15. The maximum Gasteiger partial charge on any atom is 0.212 e. The van der Waals surface area contributed by atoms with E-state index in [0.29, 0.717) is 31.8 Å². The third kappa shape index (κ3) is 5.65. The highest BCUT2D eigenvalue weighted by Gasteiger charge is 2.21. The third-order valence-electron chi connectivity index (χ3n) is 3.46. The van der Waals surface area contributed by atoms with Crippen LogP contribution in [0.4, 0.5) is 0 Å². The fourth-order valence-corrected chi connectivity index (χ4v) is 3.16. The predicted molar refractivity (Wildman–Crippen MR) is 71.0 cm³/mol. The molecule has 18 heavy (non-hydrogen) atoms. The van der Waals surface area contributed by atoms with E-state index in [1.165, 1.54) is 25.7 Å². The van der Waals surface area contributed by atoms with Crippen LogP contribution in [0.15, 0.2) is 0 Å². The second kappa shape index (κ2) is 6.84. The Labute approximate surface area is 110 Å². The summed E-state index contributed by atoms with van der Waals surface area (Å²) in [5, 5.41) is 3.20. The Balaban J connectivity index is 1.50. The quantitative estimate of drug-likeness (QED) is 0.606. The van der Waals surface area contributed by atoms with E-state index in [0.717, 1.165) is 12.8 Å². The third-order valence-corrected chi connectivity index (χ3v) is 4.85. The van der Waals surface area contributed by atoms with Gasteiger partial charge in [-0.1, -0.05) is 12.8 Å². The SMILES string of the molecule is O=S(=O)(CCNC1CC1)NCCOC1CCCC1. The van der Waals surface area contributed by atoms with Crippen LogP contribution >= 0.6 is 0 Å². The van der Waals surface area contributed by atoms with Crippen molar-refractivity contribution in [3.8, 4) is 0 Å². The Kier molecular flexibility index (Phi) is 5.41. The minimum atomic E-state index is -3.14. The molecule has 0 aromatic carbocycles. The lowest BCUT2D eigenvalue weighted by atomic mass is 10.3. The van der Waals surface area contributed by atoms with E-state index >= 15 is 0 Å². The summed E-state index contributed by atoms with van der Waals surface area (Å²) in [6, 6.07) is 0.561. The van der Waals surface area contributed by atoms with Crippen LogP contribution in [0.1, 0.15) is 38.5 Å². The van der Waals surface area contributed by atoms with Crippen molar-refractivity contribution in [2.45, 2.75) is 50.7 Å². The van der Waals surface area contributed by atoms with Crippen molar-refractivity contribution in [3.63, 3.8) is 0 Å². The van der Waals surface area contributed by atoms with Gasteiger partial charge >= 0.3 is 0 Å². The van der Waals surface area contributed by atoms with Gasteiger partial charge in [-0.25, -0.2) is 13.1 Å². The summed E-state index contributed by atoms with van der Waals surface area (Å²) >= 11 is 0. The number of hydrogen-bond donors (Lipinski definition) is 2. The summed E-state index contributed by atoms with van der Waals surface area (Å²) in [5.41, 5.74) is 0. The topological polar surface area (TPSA) is 67.4 Å². The molecule has 2 fully saturated rings. The minimum absolute atomic E-state index is 0.160. The lowest BCUT2D eigenvalue weighted by Gasteiger charge is -2.11. The highest BCUT2D eigenvalue weighted by Crippen LogP contribution is 2.20. The highest BCUT2D eigenvalue weighted by atomic mass is 32.2. The standard InChI is InChI=1S/C12H24N2O3S/c15-18(16,10-8-13-11-5-6-11)14-7-9-17-12-3-1-2-4-12/h11-14H,1-10H2. The molecule has 0 radical (unpaired) electrons. The smallest absolute Gasteiger partial charge is 0.212 e. The van der Waals surface area contributed by atoms with Gasteiger partial charge in [-0.05, 0) is 25.7 Å². The molecule has 0 saturated heterocycles. The predicted octanol–water partition coefficient (Wildman–Crippen LogP) is 0.617. The van der Waals surface area contributed by atoms with Gasteiger partial charge in [-0.2, -0.15) is 0 Å². The van der Waals surface area contributed by atoms with E-state index in [-0.39, 0.29) is 5.75 Å². The van der Waals surface area contributed by atoms with Gasteiger partial charge in [0.05, 0.1) is 18.5 Å². The maximum absolute atomic E-state index is 11.6. The van der Waals surface area contributed by atoms with Crippen molar-refractivity contribution in [2.75, 3.05) is 25.4 Å². The van der Waals surface area contributed by atoms with Gasteiger partial charge in [0.15, 0.2) is 0 Å². The number of hydrogen-bond acceptors (Lipinski definition) is 4. The van der Waals surface area contributed by atoms with Crippen molar-refractivity contribution in [1.82, 2.24) is 10.0 Å². The first kappa shape index (κ1) is 14.2. The molecule has 6 heteroatoms. The molecule has 5 nitrogen and oxygen atoms in total. The van der Waals surface area contributed by atoms with Gasteiger partial charge in [0.1, 0.15) is 0 Å². The molecular weight excluding hydrogens is 252 g/mol. The molecule has 2 rings (SSSR count). The van der Waals surface area contributed by atoms with Gasteiger partial charge in [0.2, 0.25) is 10.0 Å². The van der Waals surface area contributed by atoms with E-state index in [1.807, 2.05) is 0 Å². The Morgan fingerprint density at radius 3 is 2.44 bits per heavy atom. The summed E-state index contributed by atoms with van der Waals surface area (Å²) in [4.78, 5) is 0. The molecule has 0 aliphatic heterocycles. The number of ether oxygens (including phenoxy) is 1. The fraction of sp³-hybridized carbons (Fsp3) is 1.00. The van der Waals surface area contributed by atoms with Crippen molar-refractivity contribution in [1.29, 1.82) is 0 Å². The minimum Gasteiger partial charge on any atom is -0.377 e. The van der Waals surface area contributed by atoms with E-state index in [2.05, 4.69) is 10.0 Å². The number of sulfonamides is 1. The molecule has 0 amide bonds. The molecule has 2 saturated carbocycles. The first-order chi connectivity index (χ1) is 8.66. The average Bonchev–Trinajstić information content (AvgIpc) is 2.99. The molecule has 2 aliphatic carbocycles.